The van der Waals surface area contributed by atoms with E-state index in [4.69, 9.17) is 56.3 Å². The Balaban J connectivity index is 0.000000172. The van der Waals surface area contributed by atoms with Gasteiger partial charge in [-0.1, -0.05) is 17.7 Å². The van der Waals surface area contributed by atoms with Gasteiger partial charge in [-0.3, -0.25) is 8.98 Å². The van der Waals surface area contributed by atoms with Crippen molar-refractivity contribution in [3.8, 4) is 57.5 Å². The zero-order valence-electron chi connectivity index (χ0n) is 41.1. The first-order valence-corrected chi connectivity index (χ1v) is 24.6. The molecule has 0 fully saturated rings. The molecule has 0 aromatic heterocycles. The lowest BCUT2D eigenvalue weighted by Gasteiger charge is -2.41. The largest absolute Gasteiger partial charge is 0.496 e. The van der Waals surface area contributed by atoms with Crippen LogP contribution in [-0.2, 0) is 31.9 Å². The second-order valence-electron chi connectivity index (χ2n) is 19.1. The van der Waals surface area contributed by atoms with E-state index in [-0.39, 0.29) is 36.7 Å². The average molecular weight is 994 g/mol. The summed E-state index contributed by atoms with van der Waals surface area (Å²) < 4.78 is 112. The van der Waals surface area contributed by atoms with Gasteiger partial charge >= 0.3 is 0 Å². The van der Waals surface area contributed by atoms with E-state index in [1.807, 2.05) is 39.0 Å². The van der Waals surface area contributed by atoms with E-state index in [1.54, 1.807) is 104 Å². The molecule has 11 rings (SSSR count). The summed E-state index contributed by atoms with van der Waals surface area (Å²) in [6.07, 6.45) is -2.63. The maximum Gasteiger partial charge on any atom is 0.297 e. The fraction of sp³-hybridized carbons (Fsp3) is 0.389. The van der Waals surface area contributed by atoms with Gasteiger partial charge < -0.3 is 52.1 Å². The number of aryl methyl sites for hydroxylation is 1. The van der Waals surface area contributed by atoms with Crippen molar-refractivity contribution in [2.45, 2.75) is 94.0 Å². The Hall–Kier alpha value is -6.85. The van der Waals surface area contributed by atoms with Gasteiger partial charge in [0, 0.05) is 52.8 Å². The summed E-state index contributed by atoms with van der Waals surface area (Å²) in [4.78, 5) is 13.6. The van der Waals surface area contributed by atoms with Crippen molar-refractivity contribution < 1.29 is 73.9 Å². The van der Waals surface area contributed by atoms with Crippen molar-refractivity contribution in [2.75, 3.05) is 48.8 Å². The Kier molecular flexibility index (Phi) is 12.0. The van der Waals surface area contributed by atoms with Crippen molar-refractivity contribution in [3.63, 3.8) is 0 Å². The van der Waals surface area contributed by atoms with Gasteiger partial charge in [0.2, 0.25) is 0 Å². The second-order valence-corrected chi connectivity index (χ2v) is 20.7. The number of Topliss-reactive ketones (excluding diaryl/α,β-unsaturated/α-hetero) is 1. The zero-order valence-corrected chi connectivity index (χ0v) is 41.9. The number of carbonyl (C=O) groups excluding carboxylic acids is 1. The molecular weight excluding hydrogens is 939 g/mol. The van der Waals surface area contributed by atoms with Crippen LogP contribution in [0, 0.1) is 6.92 Å². The molecule has 5 atom stereocenters. The lowest BCUT2D eigenvalue weighted by molar-refractivity contribution is -0.0248. The van der Waals surface area contributed by atoms with Crippen LogP contribution in [0.25, 0.3) is 11.3 Å². The first kappa shape index (κ1) is 47.8. The van der Waals surface area contributed by atoms with Gasteiger partial charge in [0.25, 0.3) is 10.1 Å². The highest BCUT2D eigenvalue weighted by molar-refractivity contribution is 7.86. The third-order valence-electron chi connectivity index (χ3n) is 13.9. The molecule has 0 aliphatic carbocycles. The van der Waals surface area contributed by atoms with Crippen LogP contribution in [0.2, 0.25) is 0 Å². The molecule has 0 amide bonds. The number of ketones is 1. The van der Waals surface area contributed by atoms with E-state index in [9.17, 15) is 17.6 Å². The molecule has 17 heteroatoms. The molecule has 0 saturated carbocycles. The highest BCUT2D eigenvalue weighted by atomic mass is 32.2. The minimum absolute atomic E-state index is 0.0824. The van der Waals surface area contributed by atoms with Crippen LogP contribution in [-0.4, -0.2) is 98.6 Å². The summed E-state index contributed by atoms with van der Waals surface area (Å²) >= 11 is 0. The minimum atomic E-state index is -4.05. The molecular formula is C54H55FO15S. The number of methoxy groups -OCH3 is 5. The van der Waals surface area contributed by atoms with Gasteiger partial charge in [-0.05, 0) is 83.1 Å². The van der Waals surface area contributed by atoms with Crippen molar-refractivity contribution in [2.24, 2.45) is 0 Å². The van der Waals surface area contributed by atoms with Crippen LogP contribution in [0.4, 0.5) is 4.39 Å². The Morgan fingerprint density at radius 1 is 0.620 bits per heavy atom. The molecule has 6 aliphatic rings. The van der Waals surface area contributed by atoms with Gasteiger partial charge in [0.1, 0.15) is 83.1 Å². The molecule has 0 saturated heterocycles. The second kappa shape index (κ2) is 17.8. The summed E-state index contributed by atoms with van der Waals surface area (Å²) in [6, 6.07) is 20.9. The number of fused-ring (bicyclic) bond motifs is 12. The standard InChI is InChI=1S/C31H32O9S.C23H23FO6/c1-17-7-9-18(10-8-17)41(32,33)40-27-14-21-22(39-31(27,2)3)12-11-19-29(21)38-26-16-37-23-15-25(35-5)24(34-4)13-20(23)28(26)30(19)36-6;1-23(2)19(24)8-13-14(30-23)6-5-11-21(25)20-12-7-16(26-3)17(27-4)9-15(12)28-10-18(20)29-22(11)13/h7-13,15,26-27H,14,16H2,1-6H3;5-7,9,18-20H,8,10H2,1-4H3/t26-,27?;18-,19?,20+/m11/s1/i;24-1. The van der Waals surface area contributed by atoms with E-state index in [1.165, 1.54) is 0 Å². The number of benzene rings is 5. The Bertz CT molecular complexity index is 3110. The van der Waals surface area contributed by atoms with Crippen molar-refractivity contribution in [1.82, 2.24) is 0 Å². The lowest BCUT2D eigenvalue weighted by Crippen LogP contribution is -2.49. The smallest absolute Gasteiger partial charge is 0.297 e. The Morgan fingerprint density at radius 2 is 1.20 bits per heavy atom. The molecule has 5 aromatic carbocycles. The fourth-order valence-electron chi connectivity index (χ4n) is 9.98. The first-order chi connectivity index (χ1) is 33.9. The lowest BCUT2D eigenvalue weighted by atomic mass is 9.80. The van der Waals surface area contributed by atoms with Gasteiger partial charge in [0.05, 0.1) is 57.5 Å². The molecule has 15 nitrogen and oxygen atoms in total. The average Bonchev–Trinajstić information content (AvgIpc) is 3.35. The van der Waals surface area contributed by atoms with Crippen molar-refractivity contribution in [1.29, 1.82) is 0 Å². The van der Waals surface area contributed by atoms with Crippen LogP contribution in [0.3, 0.4) is 0 Å². The van der Waals surface area contributed by atoms with E-state index >= 15 is 0 Å². The Labute approximate surface area is 411 Å². The molecule has 6 aliphatic heterocycles. The van der Waals surface area contributed by atoms with Crippen molar-refractivity contribution >= 4 is 27.2 Å². The highest BCUT2D eigenvalue weighted by Gasteiger charge is 2.48. The molecule has 2 unspecified atom stereocenters. The summed E-state index contributed by atoms with van der Waals surface area (Å²) in [5.74, 6) is 5.49. The van der Waals surface area contributed by atoms with Crippen LogP contribution >= 0.6 is 0 Å². The third-order valence-corrected chi connectivity index (χ3v) is 15.3. The van der Waals surface area contributed by atoms with Crippen molar-refractivity contribution in [3.05, 3.63) is 112 Å². The van der Waals surface area contributed by atoms with E-state index in [2.05, 4.69) is 0 Å². The number of carbonyl (C=O) groups is 1. The summed E-state index contributed by atoms with van der Waals surface area (Å²) in [7, 11) is 3.81. The molecule has 0 bridgehead atoms. The van der Waals surface area contributed by atoms with E-state index < -0.39 is 51.7 Å². The maximum absolute atomic E-state index is 14.7. The SMILES string of the molecule is COC1=C2c3cc(OC)c(OC)cc3OC[C@H]2Oc2c1ccc1c2CC(OS(=O)(=O)c2ccc(C)cc2)C(C)(C)O1.COc1cc2c(cc1OC)[C@@H]1C(=O)c3ccc4c(c3O[C@@H]1CO2)CC([18F])C(C)(C)O4. The van der Waals surface area contributed by atoms with Gasteiger partial charge in [0.15, 0.2) is 34.9 Å². The first-order valence-electron chi connectivity index (χ1n) is 23.2. The fourth-order valence-corrected chi connectivity index (χ4v) is 11.2. The number of hydrogen-bond donors (Lipinski definition) is 0. The molecule has 374 valence electrons. The minimum Gasteiger partial charge on any atom is -0.496 e. The summed E-state index contributed by atoms with van der Waals surface area (Å²) in [5.41, 5.74) is 3.87. The van der Waals surface area contributed by atoms with Gasteiger partial charge in [-0.15, -0.1) is 0 Å². The number of rotatable bonds is 8. The molecule has 0 spiro atoms. The molecule has 0 N–H and O–H groups in total. The quantitative estimate of drug-likeness (QED) is 0.135. The number of ether oxygens (including phenoxy) is 11. The molecule has 6 heterocycles. The van der Waals surface area contributed by atoms with Gasteiger partial charge in [-0.2, -0.15) is 8.42 Å². The molecule has 71 heavy (non-hydrogen) atoms. The van der Waals surface area contributed by atoms with E-state index in [0.717, 1.165) is 22.3 Å². The summed E-state index contributed by atoms with van der Waals surface area (Å²) in [5, 5.41) is 0. The van der Waals surface area contributed by atoms with Crippen LogP contribution < -0.4 is 47.4 Å². The van der Waals surface area contributed by atoms with Crippen LogP contribution in [0.1, 0.15) is 77.4 Å². The topological polar surface area (TPSA) is 162 Å². The van der Waals surface area contributed by atoms with Crippen LogP contribution in [0.5, 0.6) is 57.5 Å². The monoisotopic (exact) mass is 993 g/mol. The maximum atomic E-state index is 14.7. The number of halogens is 1. The summed E-state index contributed by atoms with van der Waals surface area (Å²) in [6.45, 7) is 9.41. The number of alkyl halides is 1. The molecule has 0 radical (unpaired) electrons. The Morgan fingerprint density at radius 3 is 1.86 bits per heavy atom. The normalized spacial score (nSPS) is 22.4. The molecule has 5 aromatic rings. The number of hydrogen-bond acceptors (Lipinski definition) is 15. The van der Waals surface area contributed by atoms with E-state index in [0.29, 0.717) is 85.5 Å². The predicted octanol–water partition coefficient (Wildman–Crippen LogP) is 9.04. The van der Waals surface area contributed by atoms with Crippen LogP contribution in [0.15, 0.2) is 77.7 Å². The highest BCUT2D eigenvalue weighted by Crippen LogP contribution is 2.53. The van der Waals surface area contributed by atoms with Gasteiger partial charge in [-0.25, -0.2) is 4.39 Å². The third kappa shape index (κ3) is 8.16. The predicted molar refractivity (Wildman–Crippen MR) is 258 cm³/mol. The zero-order chi connectivity index (χ0) is 50.3.